The van der Waals surface area contributed by atoms with Crippen LogP contribution in [0.2, 0.25) is 5.02 Å². The molecule has 5 rings (SSSR count). The minimum atomic E-state index is -1.11. The number of rotatable bonds is 7. The Hall–Kier alpha value is -1.99. The van der Waals surface area contributed by atoms with Crippen molar-refractivity contribution in [1.82, 2.24) is 9.88 Å². The first-order chi connectivity index (χ1) is 18.7. The average molecular weight is 567 g/mol. The summed E-state index contributed by atoms with van der Waals surface area (Å²) in [5, 5.41) is 22.9. The molecule has 0 amide bonds. The maximum Gasteiger partial charge on any atom is 1.00 e. The summed E-state index contributed by atoms with van der Waals surface area (Å²) in [6.45, 7) is 6.19. The standard InChI is InChI=1S/C33H37ClN2O3.Na/c1-33(2,32(38)39)26-11-9-22(10-12-26)29(37)6-4-18-36-19-15-23(16-20-36)30-28-14-13-27(34)21-25(28)8-7-24-5-3-17-35-31(24)30;/h3,5,9-14,17,21,29,37H,4,6-8,15-16,18-20H2,1-2H3,(H,38,39);/q;+1/p-1. The zero-order chi connectivity index (χ0) is 27.6. The molecule has 0 radical (unpaired) electrons. The molecule has 1 aliphatic heterocycles. The number of aliphatic hydroxyl groups excluding tert-OH is 1. The molecule has 1 aliphatic carbocycles. The van der Waals surface area contributed by atoms with Gasteiger partial charge in [0.2, 0.25) is 0 Å². The number of carboxylic acids is 1. The number of hydrogen-bond donors (Lipinski definition) is 1. The van der Waals surface area contributed by atoms with Gasteiger partial charge in [-0.05, 0) is 91.1 Å². The van der Waals surface area contributed by atoms with Crippen LogP contribution in [0.3, 0.4) is 0 Å². The predicted molar refractivity (Wildman–Crippen MR) is 153 cm³/mol. The predicted octanol–water partition coefficient (Wildman–Crippen LogP) is 2.28. The van der Waals surface area contributed by atoms with E-state index in [9.17, 15) is 15.0 Å². The number of fused-ring (bicyclic) bond motifs is 2. The Bertz CT molecular complexity index is 1380. The number of halogens is 1. The number of carbonyl (C=O) groups is 1. The van der Waals surface area contributed by atoms with E-state index in [-0.39, 0.29) is 29.6 Å². The number of carbonyl (C=O) groups excluding carboxylic acids is 1. The topological polar surface area (TPSA) is 76.5 Å². The van der Waals surface area contributed by atoms with Crippen LogP contribution >= 0.6 is 11.6 Å². The largest absolute Gasteiger partial charge is 1.00 e. The van der Waals surface area contributed by atoms with Gasteiger partial charge in [0.05, 0.1) is 17.8 Å². The number of likely N-dealkylation sites (tertiary alicyclic amines) is 1. The molecular formula is C33H36ClN2NaO3. The van der Waals surface area contributed by atoms with Crippen molar-refractivity contribution in [2.45, 2.75) is 63.9 Å². The third kappa shape index (κ3) is 6.73. The van der Waals surface area contributed by atoms with Gasteiger partial charge in [0.1, 0.15) is 0 Å². The maximum absolute atomic E-state index is 11.4. The minimum absolute atomic E-state index is 0. The SMILES string of the molecule is CC(C)(C(=O)[O-])c1ccc(C(O)CCCN2CCC(=C3c4ccc(Cl)cc4CCc4cccnc43)CC2)cc1.[Na+]. The van der Waals surface area contributed by atoms with E-state index in [1.54, 1.807) is 26.0 Å². The fourth-order valence-corrected chi connectivity index (χ4v) is 6.04. The maximum atomic E-state index is 11.4. The Balaban J connectivity index is 0.00000370. The van der Waals surface area contributed by atoms with Crippen LogP contribution in [0, 0.1) is 0 Å². The number of hydrogen-bond acceptors (Lipinski definition) is 5. The number of benzene rings is 2. The van der Waals surface area contributed by atoms with E-state index in [0.29, 0.717) is 12.0 Å². The molecule has 0 saturated carbocycles. The second-order valence-corrected chi connectivity index (χ2v) is 11.8. The number of aryl methyl sites for hydroxylation is 2. The van der Waals surface area contributed by atoms with Crippen LogP contribution in [0.5, 0.6) is 0 Å². The number of carboxylic acid groups (broad SMARTS) is 1. The van der Waals surface area contributed by atoms with Crippen LogP contribution in [0.1, 0.15) is 79.1 Å². The van der Waals surface area contributed by atoms with Crippen LogP contribution in [0.15, 0.2) is 66.4 Å². The van der Waals surface area contributed by atoms with Gasteiger partial charge in [-0.1, -0.05) is 67.4 Å². The van der Waals surface area contributed by atoms with Crippen molar-refractivity contribution >= 4 is 23.1 Å². The van der Waals surface area contributed by atoms with Gasteiger partial charge in [-0.3, -0.25) is 4.98 Å². The summed E-state index contributed by atoms with van der Waals surface area (Å²) in [6, 6.07) is 17.7. The van der Waals surface area contributed by atoms with Crippen molar-refractivity contribution < 1.29 is 44.6 Å². The van der Waals surface area contributed by atoms with E-state index in [1.165, 1.54) is 27.8 Å². The molecule has 1 aromatic heterocycles. The van der Waals surface area contributed by atoms with Crippen molar-refractivity contribution in [3.63, 3.8) is 0 Å². The fraction of sp³-hybridized carbons (Fsp3) is 0.394. The summed E-state index contributed by atoms with van der Waals surface area (Å²) < 4.78 is 0. The zero-order valence-electron chi connectivity index (χ0n) is 23.8. The number of piperidine rings is 1. The average Bonchev–Trinajstić information content (AvgIpc) is 3.10. The number of aliphatic hydroxyl groups is 1. The van der Waals surface area contributed by atoms with E-state index >= 15 is 0 Å². The van der Waals surface area contributed by atoms with Gasteiger partial charge in [0.25, 0.3) is 0 Å². The summed E-state index contributed by atoms with van der Waals surface area (Å²) in [7, 11) is 0. The van der Waals surface area contributed by atoms with Crippen LogP contribution in [0.25, 0.3) is 5.57 Å². The first kappa shape index (κ1) is 31.0. The number of pyridine rings is 1. The summed E-state index contributed by atoms with van der Waals surface area (Å²) >= 11 is 6.36. The number of aromatic nitrogens is 1. The van der Waals surface area contributed by atoms with Gasteiger partial charge in [-0.25, -0.2) is 0 Å². The van der Waals surface area contributed by atoms with Gasteiger partial charge in [-0.2, -0.15) is 0 Å². The van der Waals surface area contributed by atoms with Gasteiger partial charge in [-0.15, -0.1) is 0 Å². The monoisotopic (exact) mass is 566 g/mol. The van der Waals surface area contributed by atoms with Crippen LogP contribution in [-0.2, 0) is 23.1 Å². The zero-order valence-corrected chi connectivity index (χ0v) is 26.5. The van der Waals surface area contributed by atoms with Gasteiger partial charge < -0.3 is 19.9 Å². The minimum Gasteiger partial charge on any atom is -0.549 e. The van der Waals surface area contributed by atoms with Crippen molar-refractivity contribution in [3.8, 4) is 0 Å². The molecule has 1 atom stereocenters. The van der Waals surface area contributed by atoms with Crippen molar-refractivity contribution in [1.29, 1.82) is 0 Å². The van der Waals surface area contributed by atoms with Crippen molar-refractivity contribution in [3.05, 3.63) is 105 Å². The summed E-state index contributed by atoms with van der Waals surface area (Å²) in [5.74, 6) is -1.11. The van der Waals surface area contributed by atoms with E-state index < -0.39 is 17.5 Å². The molecule has 0 bridgehead atoms. The molecule has 2 heterocycles. The smallest absolute Gasteiger partial charge is 0.549 e. The first-order valence-corrected chi connectivity index (χ1v) is 14.3. The van der Waals surface area contributed by atoms with Gasteiger partial charge in [0, 0.05) is 35.3 Å². The third-order valence-electron chi connectivity index (χ3n) is 8.42. The molecule has 2 aromatic carbocycles. The molecule has 1 N–H and O–H groups in total. The van der Waals surface area contributed by atoms with Crippen LogP contribution < -0.4 is 34.7 Å². The van der Waals surface area contributed by atoms with Crippen molar-refractivity contribution in [2.75, 3.05) is 19.6 Å². The summed E-state index contributed by atoms with van der Waals surface area (Å²) in [4.78, 5) is 18.7. The van der Waals surface area contributed by atoms with Gasteiger partial charge in [0.15, 0.2) is 0 Å². The molecule has 204 valence electrons. The Morgan fingerprint density at radius 2 is 1.75 bits per heavy atom. The fourth-order valence-electron chi connectivity index (χ4n) is 5.84. The number of nitrogens with zero attached hydrogens (tertiary/aromatic N) is 2. The van der Waals surface area contributed by atoms with Crippen LogP contribution in [0.4, 0.5) is 0 Å². The van der Waals surface area contributed by atoms with E-state index in [2.05, 4.69) is 23.1 Å². The van der Waals surface area contributed by atoms with Crippen LogP contribution in [-0.4, -0.2) is 40.6 Å². The molecule has 7 heteroatoms. The molecule has 1 unspecified atom stereocenters. The van der Waals surface area contributed by atoms with E-state index in [1.807, 2.05) is 30.5 Å². The Morgan fingerprint density at radius 3 is 2.45 bits per heavy atom. The Labute approximate surface area is 264 Å². The summed E-state index contributed by atoms with van der Waals surface area (Å²) in [5.41, 5.74) is 8.21. The third-order valence-corrected chi connectivity index (χ3v) is 8.66. The molecular weight excluding hydrogens is 531 g/mol. The Morgan fingerprint density at radius 1 is 1.05 bits per heavy atom. The normalized spacial score (nSPS) is 16.4. The first-order valence-electron chi connectivity index (χ1n) is 13.9. The molecule has 3 aromatic rings. The Kier molecular flexibility index (Phi) is 10.3. The number of aliphatic carboxylic acids is 1. The second kappa shape index (κ2) is 13.3. The summed E-state index contributed by atoms with van der Waals surface area (Å²) in [6.07, 6.45) is 6.85. The molecule has 1 fully saturated rings. The quantitative estimate of drug-likeness (QED) is 0.444. The molecule has 1 saturated heterocycles. The molecule has 5 nitrogen and oxygen atoms in total. The van der Waals surface area contributed by atoms with E-state index in [0.717, 1.165) is 68.0 Å². The molecule has 40 heavy (non-hydrogen) atoms. The van der Waals surface area contributed by atoms with Gasteiger partial charge >= 0.3 is 29.6 Å². The van der Waals surface area contributed by atoms with E-state index in [4.69, 9.17) is 16.6 Å². The molecule has 0 spiro atoms. The molecule has 2 aliphatic rings. The van der Waals surface area contributed by atoms with Crippen molar-refractivity contribution in [2.24, 2.45) is 0 Å². The second-order valence-electron chi connectivity index (χ2n) is 11.3.